The number of phenols is 1. The Labute approximate surface area is 162 Å². The van der Waals surface area contributed by atoms with E-state index in [-0.39, 0.29) is 11.7 Å². The van der Waals surface area contributed by atoms with Crippen molar-refractivity contribution in [1.29, 1.82) is 0 Å². The van der Waals surface area contributed by atoms with Crippen LogP contribution in [0.4, 0.5) is 0 Å². The molecule has 0 radical (unpaired) electrons. The number of carbonyl (C=O) groups excluding carboxylic acids is 1. The third kappa shape index (κ3) is 4.08. The van der Waals surface area contributed by atoms with E-state index in [0.717, 1.165) is 11.1 Å². The van der Waals surface area contributed by atoms with Crippen LogP contribution in [0.1, 0.15) is 23.6 Å². The fourth-order valence-electron chi connectivity index (χ4n) is 2.56. The first kappa shape index (κ1) is 18.5. The number of rotatable bonds is 5. The second-order valence-corrected chi connectivity index (χ2v) is 7.59. The molecule has 0 bridgehead atoms. The van der Waals surface area contributed by atoms with Crippen LogP contribution in [-0.2, 0) is 11.3 Å². The Hall–Kier alpha value is -2.31. The average molecular weight is 386 g/mol. The van der Waals surface area contributed by atoms with Gasteiger partial charge in [0.2, 0.25) is 0 Å². The van der Waals surface area contributed by atoms with Gasteiger partial charge in [-0.25, -0.2) is 0 Å². The number of thiocarbonyl (C=S) groups is 1. The van der Waals surface area contributed by atoms with E-state index in [1.807, 2.05) is 38.1 Å². The lowest BCUT2D eigenvalue weighted by atomic mass is 10.1. The highest BCUT2D eigenvalue weighted by Gasteiger charge is 2.32. The SMILES string of the molecule is CCOc1cc(/C=C2\SC(=S)N(Cc3ccc(C)cc3)C2=O)ccc1O. The molecular weight excluding hydrogens is 366 g/mol. The van der Waals surface area contributed by atoms with Crippen molar-refractivity contribution < 1.29 is 14.6 Å². The average Bonchev–Trinajstić information content (AvgIpc) is 2.87. The highest BCUT2D eigenvalue weighted by Crippen LogP contribution is 2.35. The molecule has 0 atom stereocenters. The van der Waals surface area contributed by atoms with E-state index < -0.39 is 0 Å². The van der Waals surface area contributed by atoms with Crippen molar-refractivity contribution >= 4 is 40.3 Å². The molecule has 1 heterocycles. The van der Waals surface area contributed by atoms with Gasteiger partial charge in [-0.3, -0.25) is 9.69 Å². The number of carbonyl (C=O) groups is 1. The van der Waals surface area contributed by atoms with Crippen LogP contribution in [0.15, 0.2) is 47.4 Å². The summed E-state index contributed by atoms with van der Waals surface area (Å²) in [6.07, 6.45) is 1.77. The lowest BCUT2D eigenvalue weighted by Crippen LogP contribution is -2.27. The molecule has 1 saturated heterocycles. The monoisotopic (exact) mass is 385 g/mol. The Morgan fingerprint density at radius 1 is 1.23 bits per heavy atom. The van der Waals surface area contributed by atoms with E-state index in [2.05, 4.69) is 0 Å². The summed E-state index contributed by atoms with van der Waals surface area (Å²) < 4.78 is 5.94. The molecule has 1 aliphatic rings. The van der Waals surface area contributed by atoms with Gasteiger partial charge in [0, 0.05) is 0 Å². The minimum Gasteiger partial charge on any atom is -0.504 e. The number of ether oxygens (including phenoxy) is 1. The highest BCUT2D eigenvalue weighted by molar-refractivity contribution is 8.26. The Morgan fingerprint density at radius 2 is 1.96 bits per heavy atom. The Kier molecular flexibility index (Phi) is 5.64. The van der Waals surface area contributed by atoms with Crippen molar-refractivity contribution in [1.82, 2.24) is 4.90 Å². The largest absolute Gasteiger partial charge is 0.504 e. The summed E-state index contributed by atoms with van der Waals surface area (Å²) in [7, 11) is 0. The van der Waals surface area contributed by atoms with Crippen LogP contribution >= 0.6 is 24.0 Å². The molecule has 3 rings (SSSR count). The van der Waals surface area contributed by atoms with E-state index in [1.165, 1.54) is 17.3 Å². The van der Waals surface area contributed by atoms with E-state index in [4.69, 9.17) is 17.0 Å². The van der Waals surface area contributed by atoms with Gasteiger partial charge < -0.3 is 9.84 Å². The van der Waals surface area contributed by atoms with Gasteiger partial charge in [0.05, 0.1) is 18.1 Å². The van der Waals surface area contributed by atoms with E-state index in [0.29, 0.717) is 28.1 Å². The summed E-state index contributed by atoms with van der Waals surface area (Å²) in [5.41, 5.74) is 3.00. The molecular formula is C20H19NO3S2. The molecule has 134 valence electrons. The molecule has 0 saturated carbocycles. The lowest BCUT2D eigenvalue weighted by Gasteiger charge is -2.14. The maximum absolute atomic E-state index is 12.7. The topological polar surface area (TPSA) is 49.8 Å². The summed E-state index contributed by atoms with van der Waals surface area (Å²) in [5, 5.41) is 9.80. The number of thioether (sulfide) groups is 1. The van der Waals surface area contributed by atoms with Crippen LogP contribution in [-0.4, -0.2) is 26.8 Å². The Balaban J connectivity index is 1.80. The molecule has 2 aromatic rings. The van der Waals surface area contributed by atoms with Gasteiger partial charge in [0.25, 0.3) is 5.91 Å². The second kappa shape index (κ2) is 7.93. The number of benzene rings is 2. The van der Waals surface area contributed by atoms with Crippen LogP contribution in [0.3, 0.4) is 0 Å². The lowest BCUT2D eigenvalue weighted by molar-refractivity contribution is -0.122. The van der Waals surface area contributed by atoms with Crippen LogP contribution in [0.25, 0.3) is 6.08 Å². The Bertz CT molecular complexity index is 875. The third-order valence-electron chi connectivity index (χ3n) is 3.92. The molecule has 1 amide bonds. The van der Waals surface area contributed by atoms with Gasteiger partial charge in [-0.05, 0) is 43.2 Å². The third-order valence-corrected chi connectivity index (χ3v) is 5.29. The number of hydrogen-bond acceptors (Lipinski definition) is 5. The van der Waals surface area contributed by atoms with Gasteiger partial charge in [-0.1, -0.05) is 59.9 Å². The van der Waals surface area contributed by atoms with Gasteiger partial charge in [0.1, 0.15) is 4.32 Å². The molecule has 0 aromatic heterocycles. The van der Waals surface area contributed by atoms with E-state index in [1.54, 1.807) is 29.2 Å². The zero-order valence-corrected chi connectivity index (χ0v) is 16.2. The fourth-order valence-corrected chi connectivity index (χ4v) is 3.81. The quantitative estimate of drug-likeness (QED) is 0.607. The van der Waals surface area contributed by atoms with Crippen molar-refractivity contribution in [2.24, 2.45) is 0 Å². The van der Waals surface area contributed by atoms with Gasteiger partial charge in [0.15, 0.2) is 11.5 Å². The maximum atomic E-state index is 12.7. The minimum atomic E-state index is -0.105. The number of amides is 1. The number of aryl methyl sites for hydroxylation is 1. The van der Waals surface area contributed by atoms with Crippen molar-refractivity contribution in [3.63, 3.8) is 0 Å². The summed E-state index contributed by atoms with van der Waals surface area (Å²) in [6, 6.07) is 13.1. The standard InChI is InChI=1S/C20H19NO3S2/c1-3-24-17-10-15(8-9-16(17)22)11-18-19(23)21(20(25)26-18)12-14-6-4-13(2)5-7-14/h4-11,22H,3,12H2,1-2H3/b18-11-. The molecule has 2 aromatic carbocycles. The number of nitrogens with zero attached hydrogens (tertiary/aromatic N) is 1. The highest BCUT2D eigenvalue weighted by atomic mass is 32.2. The van der Waals surface area contributed by atoms with Crippen LogP contribution in [0.5, 0.6) is 11.5 Å². The molecule has 0 unspecified atom stereocenters. The predicted octanol–water partition coefficient (Wildman–Crippen LogP) is 4.50. The van der Waals surface area contributed by atoms with E-state index >= 15 is 0 Å². The molecule has 26 heavy (non-hydrogen) atoms. The van der Waals surface area contributed by atoms with Crippen LogP contribution in [0, 0.1) is 6.92 Å². The Morgan fingerprint density at radius 3 is 2.65 bits per heavy atom. The fraction of sp³-hybridized carbons (Fsp3) is 0.200. The number of hydrogen-bond donors (Lipinski definition) is 1. The molecule has 0 spiro atoms. The summed E-state index contributed by atoms with van der Waals surface area (Å²) in [5.74, 6) is 0.374. The summed E-state index contributed by atoms with van der Waals surface area (Å²) in [4.78, 5) is 14.9. The van der Waals surface area contributed by atoms with Crippen molar-refractivity contribution in [2.75, 3.05) is 6.61 Å². The summed E-state index contributed by atoms with van der Waals surface area (Å²) >= 11 is 6.67. The van der Waals surface area contributed by atoms with Gasteiger partial charge >= 0.3 is 0 Å². The normalized spacial score (nSPS) is 15.8. The molecule has 1 aliphatic heterocycles. The molecule has 1 N–H and O–H groups in total. The molecule has 6 heteroatoms. The van der Waals surface area contributed by atoms with Crippen LogP contribution in [0.2, 0.25) is 0 Å². The minimum absolute atomic E-state index is 0.0796. The molecule has 4 nitrogen and oxygen atoms in total. The smallest absolute Gasteiger partial charge is 0.266 e. The van der Waals surface area contributed by atoms with Crippen molar-refractivity contribution in [3.8, 4) is 11.5 Å². The van der Waals surface area contributed by atoms with E-state index in [9.17, 15) is 9.90 Å². The molecule has 0 aliphatic carbocycles. The van der Waals surface area contributed by atoms with Gasteiger partial charge in [-0.2, -0.15) is 0 Å². The van der Waals surface area contributed by atoms with Crippen molar-refractivity contribution in [3.05, 3.63) is 64.1 Å². The number of aromatic hydroxyl groups is 1. The summed E-state index contributed by atoms with van der Waals surface area (Å²) in [6.45, 7) is 4.79. The maximum Gasteiger partial charge on any atom is 0.266 e. The first-order valence-electron chi connectivity index (χ1n) is 8.24. The van der Waals surface area contributed by atoms with Gasteiger partial charge in [-0.15, -0.1) is 0 Å². The van der Waals surface area contributed by atoms with Crippen LogP contribution < -0.4 is 4.74 Å². The molecule has 1 fully saturated rings. The van der Waals surface area contributed by atoms with Crippen molar-refractivity contribution in [2.45, 2.75) is 20.4 Å². The zero-order chi connectivity index (χ0) is 18.7. The first-order chi connectivity index (χ1) is 12.5. The predicted molar refractivity (Wildman–Crippen MR) is 109 cm³/mol. The number of phenolic OH excluding ortho intramolecular Hbond substituents is 1. The first-order valence-corrected chi connectivity index (χ1v) is 9.47. The second-order valence-electron chi connectivity index (χ2n) is 5.91. The zero-order valence-electron chi connectivity index (χ0n) is 14.6.